The van der Waals surface area contributed by atoms with E-state index in [-0.39, 0.29) is 34.6 Å². The number of unbranched alkanes of at least 4 members (excludes halogenated alkanes) is 17. The molecule has 0 fully saturated rings. The van der Waals surface area contributed by atoms with Gasteiger partial charge in [-0.15, -0.1) is 12.2 Å². The number of hydrogen-bond acceptors (Lipinski definition) is 2. The molecule has 0 N–H and O–H groups in total. The minimum Gasteiger partial charge on any atom is -0.867 e. The second kappa shape index (κ2) is 23.9. The van der Waals surface area contributed by atoms with Gasteiger partial charge in [-0.25, -0.2) is 0 Å². The first-order valence-electron chi connectivity index (χ1n) is 10.5. The van der Waals surface area contributed by atoms with Crippen LogP contribution in [0.5, 0.6) is 0 Å². The third-order valence-corrected chi connectivity index (χ3v) is 4.94. The first-order chi connectivity index (χ1) is 11.3. The molecule has 3 heteroatoms. The van der Waals surface area contributed by atoms with E-state index in [1.807, 2.05) is 0 Å². The maximum absolute atomic E-state index is 10.6. The summed E-state index contributed by atoms with van der Waals surface area (Å²) in [6.45, 7) is 2.29. The molecule has 138 valence electrons. The van der Waals surface area contributed by atoms with Gasteiger partial charge in [-0.2, -0.15) is 0 Å². The Bertz CT molecular complexity index is 246. The molecule has 0 heterocycles. The van der Waals surface area contributed by atoms with Crippen LogP contribution in [0.15, 0.2) is 0 Å². The second-order valence-electron chi connectivity index (χ2n) is 7.13. The van der Waals surface area contributed by atoms with Crippen molar-refractivity contribution in [3.63, 3.8) is 0 Å². The van der Waals surface area contributed by atoms with Crippen LogP contribution in [-0.4, -0.2) is 5.05 Å². The van der Waals surface area contributed by atoms with Crippen LogP contribution >= 0.6 is 12.2 Å². The average Bonchev–Trinajstić information content (AvgIpc) is 2.53. The summed E-state index contributed by atoms with van der Waals surface area (Å²) in [5, 5.41) is 10.6. The van der Waals surface area contributed by atoms with E-state index in [4.69, 9.17) is 0 Å². The normalized spacial score (nSPS) is 10.5. The van der Waals surface area contributed by atoms with E-state index in [0.29, 0.717) is 6.42 Å². The Hall–Kier alpha value is 0.890. The predicted molar refractivity (Wildman–Crippen MR) is 106 cm³/mol. The van der Waals surface area contributed by atoms with Crippen molar-refractivity contribution >= 4 is 17.3 Å². The van der Waals surface area contributed by atoms with Crippen molar-refractivity contribution in [1.82, 2.24) is 0 Å². The van der Waals surface area contributed by atoms with E-state index >= 15 is 0 Å². The van der Waals surface area contributed by atoms with Crippen molar-refractivity contribution in [2.75, 3.05) is 0 Å². The maximum Gasteiger partial charge on any atom is 1.00 e. The van der Waals surface area contributed by atoms with E-state index in [1.165, 1.54) is 109 Å². The summed E-state index contributed by atoms with van der Waals surface area (Å²) in [6.07, 6.45) is 25.4. The van der Waals surface area contributed by atoms with Crippen LogP contribution < -0.4 is 34.7 Å². The van der Waals surface area contributed by atoms with Crippen LogP contribution in [0.3, 0.4) is 0 Å². The maximum atomic E-state index is 10.6. The average molecular weight is 365 g/mol. The molecule has 0 amide bonds. The molecule has 1 nitrogen and oxygen atoms in total. The van der Waals surface area contributed by atoms with Crippen molar-refractivity contribution in [2.45, 2.75) is 129 Å². The largest absolute Gasteiger partial charge is 1.00 e. The molecule has 0 aromatic rings. The van der Waals surface area contributed by atoms with Gasteiger partial charge in [-0.1, -0.05) is 121 Å². The van der Waals surface area contributed by atoms with Gasteiger partial charge >= 0.3 is 29.6 Å². The Labute approximate surface area is 180 Å². The minimum absolute atomic E-state index is 0. The molecule has 0 aliphatic heterocycles. The molecular weight excluding hydrogens is 323 g/mol. The van der Waals surface area contributed by atoms with E-state index in [9.17, 15) is 5.11 Å². The van der Waals surface area contributed by atoms with Crippen LogP contribution in [0.1, 0.15) is 129 Å². The van der Waals surface area contributed by atoms with Gasteiger partial charge in [-0.05, 0) is 12.8 Å². The molecular formula is C21H41NaOS. The van der Waals surface area contributed by atoms with Gasteiger partial charge in [0.1, 0.15) is 0 Å². The molecule has 0 unspecified atom stereocenters. The molecule has 0 aliphatic rings. The smallest absolute Gasteiger partial charge is 0.867 e. The predicted octanol–water partition coefficient (Wildman–Crippen LogP) is 4.11. The molecule has 0 saturated carbocycles. The number of rotatable bonds is 19. The topological polar surface area (TPSA) is 23.1 Å². The Balaban J connectivity index is 0. The molecule has 0 bridgehead atoms. The molecule has 0 spiro atoms. The zero-order valence-corrected chi connectivity index (χ0v) is 19.6. The molecule has 0 aliphatic carbocycles. The zero-order chi connectivity index (χ0) is 17.0. The summed E-state index contributed by atoms with van der Waals surface area (Å²) in [4.78, 5) is 0. The second-order valence-corrected chi connectivity index (χ2v) is 7.59. The van der Waals surface area contributed by atoms with E-state index in [2.05, 4.69) is 19.1 Å². The van der Waals surface area contributed by atoms with Crippen LogP contribution in [0.4, 0.5) is 0 Å². The first kappa shape index (κ1) is 27.1. The van der Waals surface area contributed by atoms with Gasteiger partial charge in [0.25, 0.3) is 0 Å². The third-order valence-electron chi connectivity index (χ3n) is 4.73. The summed E-state index contributed by atoms with van der Waals surface area (Å²) >= 11 is 4.55. The summed E-state index contributed by atoms with van der Waals surface area (Å²) in [5.41, 5.74) is 0. The fourth-order valence-corrected chi connectivity index (χ4v) is 3.32. The van der Waals surface area contributed by atoms with Crippen molar-refractivity contribution < 1.29 is 34.7 Å². The summed E-state index contributed by atoms with van der Waals surface area (Å²) in [6, 6.07) is 0. The molecule has 0 rings (SSSR count). The Morgan fingerprint density at radius 1 is 0.542 bits per heavy atom. The van der Waals surface area contributed by atoms with Gasteiger partial charge in [0.15, 0.2) is 0 Å². The minimum atomic E-state index is -0.0681. The molecule has 24 heavy (non-hydrogen) atoms. The fourth-order valence-electron chi connectivity index (χ4n) is 3.17. The number of thiocarbonyl (C=S) groups is 1. The standard InChI is InChI=1S/C21H42OS.Na/c1-2-3-4-5-6-7-8-9-10-11-12-13-14-15-16-17-18-19-20-21(22)23;/h2-20H2,1H3,(H,22,23);/q;+1/p-1. The van der Waals surface area contributed by atoms with E-state index in [1.54, 1.807) is 0 Å². The van der Waals surface area contributed by atoms with Crippen molar-refractivity contribution in [3.8, 4) is 0 Å². The quantitative estimate of drug-likeness (QED) is 0.196. The molecule has 0 radical (unpaired) electrons. The van der Waals surface area contributed by atoms with Gasteiger partial charge < -0.3 is 5.11 Å². The Morgan fingerprint density at radius 3 is 1.04 bits per heavy atom. The molecule has 0 atom stereocenters. The molecule has 0 aromatic carbocycles. The van der Waals surface area contributed by atoms with Crippen molar-refractivity contribution in [3.05, 3.63) is 0 Å². The molecule has 0 aromatic heterocycles. The van der Waals surface area contributed by atoms with Crippen LogP contribution in [0, 0.1) is 0 Å². The van der Waals surface area contributed by atoms with Crippen molar-refractivity contribution in [1.29, 1.82) is 0 Å². The summed E-state index contributed by atoms with van der Waals surface area (Å²) in [5.74, 6) is 0. The van der Waals surface area contributed by atoms with Gasteiger partial charge in [0.05, 0.1) is 0 Å². The first-order valence-corrected chi connectivity index (χ1v) is 10.9. The van der Waals surface area contributed by atoms with Crippen LogP contribution in [0.2, 0.25) is 0 Å². The Kier molecular flexibility index (Phi) is 27.0. The third kappa shape index (κ3) is 25.1. The number of hydrogen-bond donors (Lipinski definition) is 0. The SMILES string of the molecule is CCCCCCCCCCCCCCCCCCCCC([O-])=S.[Na+]. The monoisotopic (exact) mass is 364 g/mol. The van der Waals surface area contributed by atoms with Crippen LogP contribution in [-0.2, 0) is 0 Å². The van der Waals surface area contributed by atoms with E-state index < -0.39 is 0 Å². The van der Waals surface area contributed by atoms with Gasteiger partial charge in [0, 0.05) is 0 Å². The zero-order valence-electron chi connectivity index (χ0n) is 16.8. The fraction of sp³-hybridized carbons (Fsp3) is 0.952. The van der Waals surface area contributed by atoms with E-state index in [0.717, 1.165) is 6.42 Å². The summed E-state index contributed by atoms with van der Waals surface area (Å²) in [7, 11) is 0. The van der Waals surface area contributed by atoms with Crippen LogP contribution in [0.25, 0.3) is 0 Å². The van der Waals surface area contributed by atoms with Gasteiger partial charge in [-0.3, -0.25) is 0 Å². The van der Waals surface area contributed by atoms with Crippen molar-refractivity contribution in [2.24, 2.45) is 0 Å². The Morgan fingerprint density at radius 2 is 0.792 bits per heavy atom. The van der Waals surface area contributed by atoms with Gasteiger partial charge in [0.2, 0.25) is 0 Å². The molecule has 0 saturated heterocycles. The summed E-state index contributed by atoms with van der Waals surface area (Å²) < 4.78 is 0.